The number of amides is 1. The highest BCUT2D eigenvalue weighted by Crippen LogP contribution is 2.46. The number of rotatable bonds is 8. The van der Waals surface area contributed by atoms with E-state index in [9.17, 15) is 4.79 Å². The molecule has 2 bridgehead atoms. The number of pyridine rings is 1. The Kier molecular flexibility index (Phi) is 10.8. The Morgan fingerprint density at radius 3 is 2.34 bits per heavy atom. The molecule has 2 aliphatic heterocycles. The van der Waals surface area contributed by atoms with Gasteiger partial charge in [-0.05, 0) is 98.6 Å². The molecule has 2 aromatic carbocycles. The van der Waals surface area contributed by atoms with Crippen molar-refractivity contribution in [2.45, 2.75) is 123 Å². The third-order valence-corrected chi connectivity index (χ3v) is 18.0. The number of aryl methyl sites for hydroxylation is 1. The van der Waals surface area contributed by atoms with Crippen LogP contribution in [0.15, 0.2) is 36.7 Å². The summed E-state index contributed by atoms with van der Waals surface area (Å²) in [5.41, 5.74) is 6.45. The Balaban J connectivity index is 1.49. The van der Waals surface area contributed by atoms with Crippen molar-refractivity contribution < 1.29 is 27.8 Å². The highest BCUT2D eigenvalue weighted by Gasteiger charge is 2.45. The Hall–Kier alpha value is -3.94. The molecule has 7 rings (SSSR count). The molecule has 1 saturated carbocycles. The standard InChI is InChI=1S/C43H55F2N3O4Si/c1-25(2)53(26(3)4,27(5)6)17-16-33-35(44)15-13-29-18-32(51-24-50-11)20-34(39(29)33)41-40(45)38-28(7)22-48(37(38)21-46-41)36-19-31-14-12-30(36)23-47(31)42(49)52-43(8,9)10/h13,15,18,20-22,25-27,30-31,36H,12,14,19,23-24H2,1-11H3. The van der Waals surface area contributed by atoms with Gasteiger partial charge in [-0.2, -0.15) is 0 Å². The number of piperidine rings is 2. The number of ether oxygens (including phenoxy) is 3. The van der Waals surface area contributed by atoms with Gasteiger partial charge in [0.05, 0.1) is 17.3 Å². The molecule has 2 aromatic heterocycles. The molecule has 1 amide bonds. The molecule has 3 aliphatic rings. The van der Waals surface area contributed by atoms with Crippen LogP contribution in [0.25, 0.3) is 32.9 Å². The molecular weight excluding hydrogens is 689 g/mol. The lowest BCUT2D eigenvalue weighted by Crippen LogP contribution is -2.55. The lowest BCUT2D eigenvalue weighted by Gasteiger charge is -2.49. The molecule has 0 radical (unpaired) electrons. The first-order chi connectivity index (χ1) is 25.0. The average Bonchev–Trinajstić information content (AvgIpc) is 3.43. The Labute approximate surface area is 314 Å². The van der Waals surface area contributed by atoms with E-state index in [0.29, 0.717) is 56.2 Å². The maximum atomic E-state index is 17.2. The van der Waals surface area contributed by atoms with Crippen LogP contribution >= 0.6 is 0 Å². The predicted octanol–water partition coefficient (Wildman–Crippen LogP) is 11.0. The molecule has 7 nitrogen and oxygen atoms in total. The highest BCUT2D eigenvalue weighted by atomic mass is 28.3. The molecule has 3 unspecified atom stereocenters. The van der Waals surface area contributed by atoms with Gasteiger partial charge in [-0.3, -0.25) is 4.98 Å². The minimum absolute atomic E-state index is 0.00407. The number of methoxy groups -OCH3 is 1. The predicted molar refractivity (Wildman–Crippen MR) is 211 cm³/mol. The highest BCUT2D eigenvalue weighted by molar-refractivity contribution is 6.90. The van der Waals surface area contributed by atoms with Crippen LogP contribution in [-0.2, 0) is 9.47 Å². The molecule has 0 spiro atoms. The van der Waals surface area contributed by atoms with Crippen molar-refractivity contribution in [2.75, 3.05) is 20.4 Å². The third-order valence-electron chi connectivity index (χ3n) is 11.7. The van der Waals surface area contributed by atoms with Crippen molar-refractivity contribution in [3.63, 3.8) is 0 Å². The summed E-state index contributed by atoms with van der Waals surface area (Å²) in [6.45, 7) is 21.5. The van der Waals surface area contributed by atoms with E-state index in [1.807, 2.05) is 44.9 Å². The van der Waals surface area contributed by atoms with Crippen LogP contribution in [0.2, 0.25) is 16.6 Å². The van der Waals surface area contributed by atoms with E-state index in [2.05, 4.69) is 57.6 Å². The van der Waals surface area contributed by atoms with E-state index in [1.54, 1.807) is 18.3 Å². The number of carbonyl (C=O) groups is 1. The number of hydrogen-bond acceptors (Lipinski definition) is 5. The summed E-state index contributed by atoms with van der Waals surface area (Å²) >= 11 is 0. The van der Waals surface area contributed by atoms with Gasteiger partial charge in [0.1, 0.15) is 30.9 Å². The Morgan fingerprint density at radius 1 is 1.04 bits per heavy atom. The lowest BCUT2D eigenvalue weighted by atomic mass is 9.76. The van der Waals surface area contributed by atoms with Crippen molar-refractivity contribution in [1.82, 2.24) is 14.5 Å². The first-order valence-corrected chi connectivity index (χ1v) is 21.3. The van der Waals surface area contributed by atoms with Crippen LogP contribution in [-0.4, -0.2) is 60.7 Å². The van der Waals surface area contributed by atoms with Crippen LogP contribution in [0.4, 0.5) is 13.6 Å². The average molecular weight is 744 g/mol. The van der Waals surface area contributed by atoms with E-state index < -0.39 is 25.3 Å². The van der Waals surface area contributed by atoms with Crippen molar-refractivity contribution in [1.29, 1.82) is 0 Å². The van der Waals surface area contributed by atoms with Crippen LogP contribution in [0, 0.1) is 35.9 Å². The van der Waals surface area contributed by atoms with Crippen LogP contribution in [0.1, 0.15) is 98.7 Å². The van der Waals surface area contributed by atoms with E-state index in [0.717, 1.165) is 24.8 Å². The van der Waals surface area contributed by atoms with E-state index in [1.165, 1.54) is 13.2 Å². The van der Waals surface area contributed by atoms with Gasteiger partial charge in [-0.25, -0.2) is 13.6 Å². The first-order valence-electron chi connectivity index (χ1n) is 19.0. The van der Waals surface area contributed by atoms with E-state index in [4.69, 9.17) is 19.2 Å². The fraction of sp³-hybridized carbons (Fsp3) is 0.535. The van der Waals surface area contributed by atoms with E-state index >= 15 is 8.78 Å². The maximum absolute atomic E-state index is 17.2. The van der Waals surface area contributed by atoms with Gasteiger partial charge in [0.25, 0.3) is 0 Å². The number of hydrogen-bond donors (Lipinski definition) is 0. The van der Waals surface area contributed by atoms with Crippen LogP contribution in [0.5, 0.6) is 5.75 Å². The van der Waals surface area contributed by atoms with E-state index in [-0.39, 0.29) is 42.1 Å². The number of benzene rings is 2. The van der Waals surface area contributed by atoms with Crippen molar-refractivity contribution >= 4 is 35.8 Å². The summed E-state index contributed by atoms with van der Waals surface area (Å²) in [6, 6.07) is 6.79. The SMILES string of the molecule is COCOc1cc(-c2ncc3c(c(C)cn3C3CC4CCC3CN4C(=O)OC(C)(C)C)c2F)c2c(C#C[Si](C(C)C)(C(C)C)C(C)C)c(F)ccc2c1. The summed E-state index contributed by atoms with van der Waals surface area (Å²) in [7, 11) is -0.695. The van der Waals surface area contributed by atoms with Gasteiger partial charge in [0.2, 0.25) is 0 Å². The molecule has 10 heteroatoms. The normalized spacial score (nSPS) is 19.1. The minimum Gasteiger partial charge on any atom is -0.468 e. The topological polar surface area (TPSA) is 65.8 Å². The monoisotopic (exact) mass is 743 g/mol. The smallest absolute Gasteiger partial charge is 0.410 e. The fourth-order valence-electron chi connectivity index (χ4n) is 9.36. The lowest BCUT2D eigenvalue weighted by molar-refractivity contribution is -0.0256. The number of halogens is 2. The number of nitrogens with zero attached hydrogens (tertiary/aromatic N) is 3. The van der Waals surface area contributed by atoms with Crippen molar-refractivity contribution in [3.05, 3.63) is 59.4 Å². The molecule has 3 atom stereocenters. The quantitative estimate of drug-likeness (QED) is 0.102. The molecule has 3 fully saturated rings. The largest absolute Gasteiger partial charge is 0.468 e. The van der Waals surface area contributed by atoms with Gasteiger partial charge in [-0.1, -0.05) is 53.5 Å². The zero-order valence-corrected chi connectivity index (χ0v) is 34.2. The van der Waals surface area contributed by atoms with Gasteiger partial charge >= 0.3 is 6.09 Å². The molecule has 4 heterocycles. The van der Waals surface area contributed by atoms with Gasteiger partial charge < -0.3 is 23.7 Å². The maximum Gasteiger partial charge on any atom is 0.410 e. The molecule has 284 valence electrons. The van der Waals surface area contributed by atoms with Crippen molar-refractivity contribution in [3.8, 4) is 28.5 Å². The van der Waals surface area contributed by atoms with Gasteiger partial charge in [0.15, 0.2) is 12.6 Å². The summed E-state index contributed by atoms with van der Waals surface area (Å²) < 4.78 is 52.2. The molecule has 53 heavy (non-hydrogen) atoms. The number of aromatic nitrogens is 2. The Bertz CT molecular complexity index is 2070. The zero-order valence-electron chi connectivity index (χ0n) is 33.2. The van der Waals surface area contributed by atoms with Gasteiger partial charge in [-0.15, -0.1) is 5.54 Å². The van der Waals surface area contributed by atoms with Crippen molar-refractivity contribution in [2.24, 2.45) is 5.92 Å². The minimum atomic E-state index is -2.23. The van der Waals surface area contributed by atoms with Gasteiger partial charge in [0, 0.05) is 48.3 Å². The summed E-state index contributed by atoms with van der Waals surface area (Å²) in [6.07, 6.45) is 6.14. The fourth-order valence-corrected chi connectivity index (χ4v) is 14.6. The summed E-state index contributed by atoms with van der Waals surface area (Å²) in [5.74, 6) is 3.08. The molecule has 0 N–H and O–H groups in total. The Morgan fingerprint density at radius 2 is 1.74 bits per heavy atom. The first kappa shape index (κ1) is 38.8. The summed E-state index contributed by atoms with van der Waals surface area (Å²) in [4.78, 5) is 19.7. The molecule has 4 aromatic rings. The molecular formula is C43H55F2N3O4Si. The second kappa shape index (κ2) is 14.7. The third kappa shape index (κ3) is 7.07. The number of fused-ring (bicyclic) bond motifs is 5. The second-order valence-corrected chi connectivity index (χ2v) is 22.6. The number of carbonyl (C=O) groups excluding carboxylic acids is 1. The summed E-state index contributed by atoms with van der Waals surface area (Å²) in [5, 5.41) is 1.66. The van der Waals surface area contributed by atoms with Crippen LogP contribution in [0.3, 0.4) is 0 Å². The van der Waals surface area contributed by atoms with Crippen LogP contribution < -0.4 is 4.74 Å². The molecule has 1 aliphatic carbocycles. The second-order valence-electron chi connectivity index (χ2n) is 17.0. The molecule has 2 saturated heterocycles. The zero-order chi connectivity index (χ0) is 38.6.